The topological polar surface area (TPSA) is 34.1 Å². The molecule has 0 aromatic heterocycles. The fourth-order valence-corrected chi connectivity index (χ4v) is 5.13. The van der Waals surface area contributed by atoms with Crippen molar-refractivity contribution in [1.82, 2.24) is 0 Å². The molecule has 0 aliphatic heterocycles. The minimum absolute atomic E-state index is 0.294. The Morgan fingerprint density at radius 1 is 0.704 bits per heavy atom. The number of hydrogen-bond donors (Lipinski definition) is 0. The van der Waals surface area contributed by atoms with Crippen LogP contribution in [-0.2, 0) is 4.57 Å². The average Bonchev–Trinajstić information content (AvgIpc) is 2.60. The van der Waals surface area contributed by atoms with E-state index in [1.165, 1.54) is 5.56 Å². The first kappa shape index (κ1) is 19.2. The Hall–Kier alpha value is -2.57. The molecule has 1 atom stereocenters. The molecule has 3 heteroatoms. The van der Waals surface area contributed by atoms with Crippen molar-refractivity contribution in [3.05, 3.63) is 88.0 Å². The molecule has 3 rings (SSSR count). The number of carbonyl (C=O) groups excluding carboxylic acids is 1. The molecule has 0 heterocycles. The molecule has 0 aliphatic carbocycles. The van der Waals surface area contributed by atoms with Crippen LogP contribution < -0.4 is 5.30 Å². The lowest BCUT2D eigenvalue weighted by Crippen LogP contribution is -2.10. The SMILES string of the molecule is Cc1ccc(-c2ccccc2[P](=O)C(=O)c2c(C)cc(C)cc2C)c(C)c1. The second-order valence-electron chi connectivity index (χ2n) is 7.21. The second-order valence-corrected chi connectivity index (χ2v) is 8.69. The zero-order chi connectivity index (χ0) is 19.7. The van der Waals surface area contributed by atoms with E-state index in [4.69, 9.17) is 0 Å². The van der Waals surface area contributed by atoms with Crippen LogP contribution in [0, 0.1) is 34.6 Å². The molecule has 0 spiro atoms. The Kier molecular flexibility index (Phi) is 5.39. The third kappa shape index (κ3) is 3.77. The van der Waals surface area contributed by atoms with Gasteiger partial charge >= 0.3 is 0 Å². The monoisotopic (exact) mass is 375 g/mol. The summed E-state index contributed by atoms with van der Waals surface area (Å²) in [6, 6.07) is 17.7. The summed E-state index contributed by atoms with van der Waals surface area (Å²) in [6.07, 6.45) is 0. The van der Waals surface area contributed by atoms with E-state index in [0.29, 0.717) is 10.9 Å². The Labute approximate surface area is 162 Å². The predicted molar refractivity (Wildman–Crippen MR) is 114 cm³/mol. The van der Waals surface area contributed by atoms with E-state index in [1.807, 2.05) is 76.2 Å². The van der Waals surface area contributed by atoms with Crippen LogP contribution in [0.1, 0.15) is 38.2 Å². The highest BCUT2D eigenvalue weighted by molar-refractivity contribution is 7.71. The summed E-state index contributed by atoms with van der Waals surface area (Å²) < 4.78 is 13.3. The molecule has 1 radical (unpaired) electrons. The van der Waals surface area contributed by atoms with E-state index in [2.05, 4.69) is 13.0 Å². The highest BCUT2D eigenvalue weighted by Gasteiger charge is 2.24. The molecule has 1 unspecified atom stereocenters. The van der Waals surface area contributed by atoms with Crippen LogP contribution in [0.4, 0.5) is 0 Å². The predicted octanol–water partition coefficient (Wildman–Crippen LogP) is 6.19. The van der Waals surface area contributed by atoms with Crippen molar-refractivity contribution in [3.63, 3.8) is 0 Å². The summed E-state index contributed by atoms with van der Waals surface area (Å²) in [4.78, 5) is 13.1. The molecule has 0 N–H and O–H groups in total. The van der Waals surface area contributed by atoms with Gasteiger partial charge in [0.05, 0.1) is 0 Å². The van der Waals surface area contributed by atoms with Gasteiger partial charge in [-0.2, -0.15) is 0 Å². The molecular weight excluding hydrogens is 351 g/mol. The van der Waals surface area contributed by atoms with E-state index < -0.39 is 7.80 Å². The van der Waals surface area contributed by atoms with E-state index >= 15 is 0 Å². The maximum atomic E-state index is 13.3. The molecule has 3 aromatic carbocycles. The van der Waals surface area contributed by atoms with E-state index in [-0.39, 0.29) is 5.52 Å². The van der Waals surface area contributed by atoms with Crippen LogP contribution in [0.5, 0.6) is 0 Å². The summed E-state index contributed by atoms with van der Waals surface area (Å²) in [5.74, 6) is 0. The zero-order valence-electron chi connectivity index (χ0n) is 16.5. The lowest BCUT2D eigenvalue weighted by Gasteiger charge is -2.14. The summed E-state index contributed by atoms with van der Waals surface area (Å²) in [6.45, 7) is 9.92. The van der Waals surface area contributed by atoms with Crippen molar-refractivity contribution in [1.29, 1.82) is 0 Å². The number of hydrogen-bond acceptors (Lipinski definition) is 2. The van der Waals surface area contributed by atoms with Gasteiger partial charge in [0.1, 0.15) is 0 Å². The summed E-state index contributed by atoms with van der Waals surface area (Å²) >= 11 is 0. The van der Waals surface area contributed by atoms with Crippen molar-refractivity contribution in [2.75, 3.05) is 0 Å². The third-order valence-electron chi connectivity index (χ3n) is 4.87. The third-order valence-corrected chi connectivity index (χ3v) is 6.29. The van der Waals surface area contributed by atoms with Crippen LogP contribution in [-0.4, -0.2) is 5.52 Å². The van der Waals surface area contributed by atoms with Gasteiger partial charge in [0, 0.05) is 10.9 Å². The van der Waals surface area contributed by atoms with Crippen molar-refractivity contribution in [2.45, 2.75) is 34.6 Å². The molecule has 0 saturated carbocycles. The quantitative estimate of drug-likeness (QED) is 0.510. The Balaban J connectivity index is 2.10. The smallest absolute Gasteiger partial charge is 0.247 e. The van der Waals surface area contributed by atoms with E-state index in [1.54, 1.807) is 0 Å². The van der Waals surface area contributed by atoms with Gasteiger partial charge in [-0.15, -0.1) is 0 Å². The molecule has 0 fully saturated rings. The summed E-state index contributed by atoms with van der Waals surface area (Å²) in [7, 11) is -2.21. The Morgan fingerprint density at radius 3 is 1.93 bits per heavy atom. The first-order chi connectivity index (χ1) is 12.8. The molecule has 0 amide bonds. The Morgan fingerprint density at radius 2 is 1.30 bits per heavy atom. The number of aryl methyl sites for hydroxylation is 5. The van der Waals surface area contributed by atoms with Gasteiger partial charge in [-0.3, -0.25) is 9.36 Å². The van der Waals surface area contributed by atoms with Gasteiger partial charge in [-0.25, -0.2) is 0 Å². The molecule has 0 saturated heterocycles. The lowest BCUT2D eigenvalue weighted by atomic mass is 9.99. The highest BCUT2D eigenvalue weighted by Crippen LogP contribution is 2.35. The van der Waals surface area contributed by atoms with Gasteiger partial charge in [-0.1, -0.05) is 59.7 Å². The maximum Gasteiger partial charge on any atom is 0.247 e. The van der Waals surface area contributed by atoms with Crippen LogP contribution >= 0.6 is 7.80 Å². The van der Waals surface area contributed by atoms with Gasteiger partial charge in [-0.05, 0) is 68.5 Å². The van der Waals surface area contributed by atoms with Crippen molar-refractivity contribution in [2.24, 2.45) is 0 Å². The molecule has 2 nitrogen and oxygen atoms in total. The largest absolute Gasteiger partial charge is 0.281 e. The fourth-order valence-electron chi connectivity index (χ4n) is 3.72. The zero-order valence-corrected chi connectivity index (χ0v) is 17.4. The molecule has 3 aromatic rings. The van der Waals surface area contributed by atoms with Crippen LogP contribution in [0.15, 0.2) is 54.6 Å². The normalized spacial score (nSPS) is 11.4. The summed E-state index contributed by atoms with van der Waals surface area (Å²) in [5, 5.41) is 0.601. The molecule has 27 heavy (non-hydrogen) atoms. The van der Waals surface area contributed by atoms with E-state index in [0.717, 1.165) is 33.4 Å². The lowest BCUT2D eigenvalue weighted by molar-refractivity contribution is 0.107. The number of carbonyl (C=O) groups is 1. The molecule has 0 aliphatic rings. The standard InChI is InChI=1S/C24H24O2P/c1-15-10-11-20(17(3)12-15)21-8-6-7-9-22(21)27(26)24(25)23-18(4)13-16(2)14-19(23)5/h6-14H,1-5H3. The Bertz CT molecular complexity index is 1040. The first-order valence-corrected chi connectivity index (χ1v) is 10.3. The summed E-state index contributed by atoms with van der Waals surface area (Å²) in [5.41, 5.74) is 7.33. The van der Waals surface area contributed by atoms with Crippen molar-refractivity contribution < 1.29 is 9.36 Å². The average molecular weight is 375 g/mol. The molecule has 137 valence electrons. The molecule has 0 bridgehead atoms. The number of rotatable bonds is 4. The van der Waals surface area contributed by atoms with Gasteiger partial charge in [0.15, 0.2) is 7.80 Å². The highest BCUT2D eigenvalue weighted by atomic mass is 31.1. The minimum Gasteiger partial charge on any atom is -0.281 e. The second kappa shape index (κ2) is 7.58. The van der Waals surface area contributed by atoms with Crippen molar-refractivity contribution >= 4 is 18.6 Å². The minimum atomic E-state index is -2.21. The van der Waals surface area contributed by atoms with Gasteiger partial charge < -0.3 is 0 Å². The van der Waals surface area contributed by atoms with Gasteiger partial charge in [0.25, 0.3) is 0 Å². The van der Waals surface area contributed by atoms with Gasteiger partial charge in [0.2, 0.25) is 5.52 Å². The maximum absolute atomic E-state index is 13.3. The molecular formula is C24H24O2P. The number of benzene rings is 3. The van der Waals surface area contributed by atoms with Crippen molar-refractivity contribution in [3.8, 4) is 11.1 Å². The van der Waals surface area contributed by atoms with E-state index in [9.17, 15) is 9.36 Å². The fraction of sp³-hybridized carbons (Fsp3) is 0.208. The van der Waals surface area contributed by atoms with Crippen LogP contribution in [0.25, 0.3) is 11.1 Å². The van der Waals surface area contributed by atoms with Crippen LogP contribution in [0.3, 0.4) is 0 Å². The van der Waals surface area contributed by atoms with Crippen LogP contribution in [0.2, 0.25) is 0 Å². The first-order valence-electron chi connectivity index (χ1n) is 9.05.